The van der Waals surface area contributed by atoms with Crippen LogP contribution in [0.2, 0.25) is 0 Å². The Morgan fingerprint density at radius 3 is 2.57 bits per heavy atom. The minimum absolute atomic E-state index is 0.505. The van der Waals surface area contributed by atoms with E-state index in [9.17, 15) is 0 Å². The predicted octanol–water partition coefficient (Wildman–Crippen LogP) is 1.78. The van der Waals surface area contributed by atoms with Crippen LogP contribution in [0.1, 0.15) is 26.7 Å². The van der Waals surface area contributed by atoms with Gasteiger partial charge in [-0.3, -0.25) is 4.99 Å². The van der Waals surface area contributed by atoms with Gasteiger partial charge in [-0.05, 0) is 19.1 Å². The molecule has 0 aliphatic rings. The molecule has 0 rings (SSSR count). The van der Waals surface area contributed by atoms with Crippen molar-refractivity contribution in [3.05, 3.63) is 0 Å². The van der Waals surface area contributed by atoms with Gasteiger partial charge in [0.05, 0.1) is 0 Å². The summed E-state index contributed by atoms with van der Waals surface area (Å²) >= 11 is 1.85. The first kappa shape index (κ1) is 13.6. The summed E-state index contributed by atoms with van der Waals surface area (Å²) in [5.41, 5.74) is 5.88. The highest BCUT2D eigenvalue weighted by Gasteiger charge is 2.13. The molecule has 0 aromatic carbocycles. The second-order valence-electron chi connectivity index (χ2n) is 3.37. The van der Waals surface area contributed by atoms with Crippen molar-refractivity contribution in [3.63, 3.8) is 0 Å². The van der Waals surface area contributed by atoms with E-state index in [1.165, 1.54) is 0 Å². The number of nitrogens with zero attached hydrogens (tertiary/aromatic N) is 2. The van der Waals surface area contributed by atoms with E-state index in [2.05, 4.69) is 30.0 Å². The van der Waals surface area contributed by atoms with Gasteiger partial charge in [-0.2, -0.15) is 11.8 Å². The van der Waals surface area contributed by atoms with Gasteiger partial charge in [0.25, 0.3) is 0 Å². The minimum Gasteiger partial charge on any atom is -0.370 e. The van der Waals surface area contributed by atoms with E-state index >= 15 is 0 Å². The smallest absolute Gasteiger partial charge is 0.191 e. The fraction of sp³-hybridized carbons (Fsp3) is 0.900. The summed E-state index contributed by atoms with van der Waals surface area (Å²) < 4.78 is 0. The molecule has 0 spiro atoms. The molecule has 0 aromatic heterocycles. The van der Waals surface area contributed by atoms with Crippen LogP contribution in [-0.4, -0.2) is 42.5 Å². The third kappa shape index (κ3) is 4.74. The lowest BCUT2D eigenvalue weighted by atomic mass is 10.2. The Kier molecular flexibility index (Phi) is 7.76. The highest BCUT2D eigenvalue weighted by molar-refractivity contribution is 7.98. The molecule has 3 nitrogen and oxygen atoms in total. The molecule has 0 radical (unpaired) electrons. The highest BCUT2D eigenvalue weighted by Crippen LogP contribution is 2.07. The Bertz CT molecular complexity index is 171. The molecular formula is C10H23N3S. The molecule has 84 valence electrons. The number of thioether (sulfide) groups is 1. The van der Waals surface area contributed by atoms with Gasteiger partial charge in [0.15, 0.2) is 5.96 Å². The zero-order valence-corrected chi connectivity index (χ0v) is 10.6. The topological polar surface area (TPSA) is 41.6 Å². The first-order valence-corrected chi connectivity index (χ1v) is 6.58. The van der Waals surface area contributed by atoms with Crippen molar-refractivity contribution in [3.8, 4) is 0 Å². The van der Waals surface area contributed by atoms with E-state index in [-0.39, 0.29) is 0 Å². The van der Waals surface area contributed by atoms with Crippen LogP contribution < -0.4 is 5.73 Å². The third-order valence-electron chi connectivity index (χ3n) is 2.24. The van der Waals surface area contributed by atoms with E-state index in [0.717, 1.165) is 25.1 Å². The van der Waals surface area contributed by atoms with Crippen molar-refractivity contribution in [1.82, 2.24) is 4.90 Å². The maximum absolute atomic E-state index is 5.88. The second-order valence-corrected chi connectivity index (χ2v) is 4.28. The molecule has 4 heteroatoms. The molecule has 1 atom stereocenters. The fourth-order valence-corrected chi connectivity index (χ4v) is 2.06. The molecule has 0 amide bonds. The van der Waals surface area contributed by atoms with Gasteiger partial charge < -0.3 is 10.6 Å². The van der Waals surface area contributed by atoms with Gasteiger partial charge in [-0.25, -0.2) is 0 Å². The molecule has 0 aromatic rings. The summed E-state index contributed by atoms with van der Waals surface area (Å²) in [4.78, 5) is 6.39. The Labute approximate surface area is 92.1 Å². The largest absolute Gasteiger partial charge is 0.370 e. The fourth-order valence-electron chi connectivity index (χ4n) is 1.22. The van der Waals surface area contributed by atoms with Crippen molar-refractivity contribution < 1.29 is 0 Å². The number of guanidine groups is 1. The van der Waals surface area contributed by atoms with Crippen molar-refractivity contribution in [1.29, 1.82) is 0 Å². The van der Waals surface area contributed by atoms with E-state index < -0.39 is 0 Å². The summed E-state index contributed by atoms with van der Waals surface area (Å²) in [7, 11) is 2.03. The summed E-state index contributed by atoms with van der Waals surface area (Å²) in [6.07, 6.45) is 4.28. The molecule has 2 N–H and O–H groups in total. The molecule has 0 aliphatic heterocycles. The van der Waals surface area contributed by atoms with Crippen LogP contribution in [0, 0.1) is 0 Å². The van der Waals surface area contributed by atoms with Crippen molar-refractivity contribution in [2.24, 2.45) is 10.7 Å². The first-order chi connectivity index (χ1) is 6.67. The monoisotopic (exact) mass is 217 g/mol. The molecule has 14 heavy (non-hydrogen) atoms. The molecule has 1 unspecified atom stereocenters. The number of aliphatic imine (C=N–C) groups is 1. The van der Waals surface area contributed by atoms with E-state index in [1.807, 2.05) is 18.8 Å². The van der Waals surface area contributed by atoms with E-state index in [1.54, 1.807) is 0 Å². The zero-order valence-electron chi connectivity index (χ0n) is 9.79. The van der Waals surface area contributed by atoms with Crippen LogP contribution in [0.15, 0.2) is 4.99 Å². The number of rotatable bonds is 6. The lowest BCUT2D eigenvalue weighted by Crippen LogP contribution is -2.43. The third-order valence-corrected chi connectivity index (χ3v) is 2.95. The van der Waals surface area contributed by atoms with Crippen molar-refractivity contribution >= 4 is 17.7 Å². The van der Waals surface area contributed by atoms with Gasteiger partial charge in [0.2, 0.25) is 0 Å². The molecule has 0 fully saturated rings. The average Bonchev–Trinajstić information content (AvgIpc) is 2.21. The van der Waals surface area contributed by atoms with Gasteiger partial charge in [-0.1, -0.05) is 13.8 Å². The van der Waals surface area contributed by atoms with E-state index in [4.69, 9.17) is 5.73 Å². The Balaban J connectivity index is 4.17. The molecule has 0 aliphatic carbocycles. The normalized spacial score (nSPS) is 14.1. The highest BCUT2D eigenvalue weighted by atomic mass is 32.2. The molecular weight excluding hydrogens is 194 g/mol. The maximum Gasteiger partial charge on any atom is 0.191 e. The molecule has 0 heterocycles. The van der Waals surface area contributed by atoms with Crippen molar-refractivity contribution in [2.45, 2.75) is 32.7 Å². The second kappa shape index (κ2) is 7.97. The lowest BCUT2D eigenvalue weighted by Gasteiger charge is -2.27. The average molecular weight is 217 g/mol. The van der Waals surface area contributed by atoms with Gasteiger partial charge in [-0.15, -0.1) is 0 Å². The van der Waals surface area contributed by atoms with Crippen LogP contribution in [0.5, 0.6) is 0 Å². The quantitative estimate of drug-likeness (QED) is 0.545. The zero-order chi connectivity index (χ0) is 11.0. The summed E-state index contributed by atoms with van der Waals surface area (Å²) in [6, 6.07) is 0.505. The molecule has 0 saturated heterocycles. The minimum atomic E-state index is 0.505. The van der Waals surface area contributed by atoms with Crippen LogP contribution in [0.3, 0.4) is 0 Å². The lowest BCUT2D eigenvalue weighted by molar-refractivity contribution is 0.381. The van der Waals surface area contributed by atoms with Gasteiger partial charge in [0.1, 0.15) is 0 Å². The van der Waals surface area contributed by atoms with Crippen LogP contribution in [-0.2, 0) is 0 Å². The summed E-state index contributed by atoms with van der Waals surface area (Å²) in [6.45, 7) is 5.12. The van der Waals surface area contributed by atoms with Crippen LogP contribution in [0.25, 0.3) is 0 Å². The summed E-state index contributed by atoms with van der Waals surface area (Å²) in [5, 5.41) is 0. The van der Waals surface area contributed by atoms with Gasteiger partial charge >= 0.3 is 0 Å². The predicted molar refractivity (Wildman–Crippen MR) is 67.0 cm³/mol. The molecule has 0 saturated carbocycles. The first-order valence-electron chi connectivity index (χ1n) is 5.19. The van der Waals surface area contributed by atoms with Gasteiger partial charge in [0, 0.05) is 25.4 Å². The van der Waals surface area contributed by atoms with Crippen LogP contribution in [0.4, 0.5) is 0 Å². The van der Waals surface area contributed by atoms with Crippen molar-refractivity contribution in [2.75, 3.05) is 25.6 Å². The number of hydrogen-bond donors (Lipinski definition) is 1. The number of hydrogen-bond acceptors (Lipinski definition) is 2. The Morgan fingerprint density at radius 1 is 1.50 bits per heavy atom. The number of nitrogens with two attached hydrogens (primary N) is 1. The Hall–Kier alpha value is -0.380. The standard InChI is InChI=1S/C10H23N3S/c1-5-7-12-10(11)13(3)9(6-2)8-14-4/h9H,5-8H2,1-4H3,(H2,11,12). The SMILES string of the molecule is CCCN=C(N)N(C)C(CC)CSC. The molecule has 0 bridgehead atoms. The Morgan fingerprint density at radius 2 is 2.14 bits per heavy atom. The van der Waals surface area contributed by atoms with Crippen LogP contribution >= 0.6 is 11.8 Å². The maximum atomic E-state index is 5.88. The summed E-state index contributed by atoms with van der Waals surface area (Å²) in [5.74, 6) is 1.78. The van der Waals surface area contributed by atoms with E-state index in [0.29, 0.717) is 12.0 Å².